The lowest BCUT2D eigenvalue weighted by Gasteiger charge is -2.14. The van der Waals surface area contributed by atoms with Gasteiger partial charge >= 0.3 is 0 Å². The normalized spacial score (nSPS) is 12.8. The Morgan fingerprint density at radius 1 is 1.35 bits per heavy atom. The van der Waals surface area contributed by atoms with Gasteiger partial charge in [0.25, 0.3) is 5.69 Å². The highest BCUT2D eigenvalue weighted by atomic mass is 35.5. The molecule has 0 fully saturated rings. The van der Waals surface area contributed by atoms with Gasteiger partial charge in [-0.25, -0.2) is 13.1 Å². The molecule has 2 aromatic rings. The van der Waals surface area contributed by atoms with Gasteiger partial charge in [-0.05, 0) is 32.0 Å². The SMILES string of the molecule is Cc1c(Cl)cc(S(=O)(=O)N[C@@H](C)c2ccccn2)cc1[N+](=O)[O-]. The number of benzene rings is 1. The van der Waals surface area contributed by atoms with Crippen molar-refractivity contribution in [3.8, 4) is 0 Å². The molecular weight excluding hydrogens is 342 g/mol. The summed E-state index contributed by atoms with van der Waals surface area (Å²) in [6, 6.07) is 6.72. The lowest BCUT2D eigenvalue weighted by molar-refractivity contribution is -0.385. The van der Waals surface area contributed by atoms with Gasteiger partial charge in [-0.3, -0.25) is 15.1 Å². The molecule has 0 spiro atoms. The summed E-state index contributed by atoms with van der Waals surface area (Å²) in [5.74, 6) is 0. The molecule has 0 saturated carbocycles. The molecule has 9 heteroatoms. The van der Waals surface area contributed by atoms with E-state index in [1.54, 1.807) is 31.3 Å². The first-order valence-electron chi connectivity index (χ1n) is 6.60. The van der Waals surface area contributed by atoms with Crippen LogP contribution in [-0.2, 0) is 10.0 Å². The number of nitro benzene ring substituents is 1. The lowest BCUT2D eigenvalue weighted by atomic mass is 10.2. The zero-order chi connectivity index (χ0) is 17.2. The van der Waals surface area contributed by atoms with Crippen LogP contribution in [0.25, 0.3) is 0 Å². The fraction of sp³-hybridized carbons (Fsp3) is 0.214. The highest BCUT2D eigenvalue weighted by Crippen LogP contribution is 2.30. The maximum absolute atomic E-state index is 12.4. The summed E-state index contributed by atoms with van der Waals surface area (Å²) in [6.07, 6.45) is 1.55. The Bertz CT molecular complexity index is 841. The van der Waals surface area contributed by atoms with Gasteiger partial charge in [0.2, 0.25) is 10.0 Å². The van der Waals surface area contributed by atoms with Crippen molar-refractivity contribution in [2.45, 2.75) is 24.8 Å². The van der Waals surface area contributed by atoms with Crippen molar-refractivity contribution in [2.24, 2.45) is 0 Å². The fourth-order valence-corrected chi connectivity index (χ4v) is 3.52. The van der Waals surface area contributed by atoms with E-state index in [2.05, 4.69) is 9.71 Å². The predicted molar refractivity (Wildman–Crippen MR) is 85.8 cm³/mol. The van der Waals surface area contributed by atoms with Gasteiger partial charge in [0.15, 0.2) is 0 Å². The molecule has 0 aliphatic carbocycles. The van der Waals surface area contributed by atoms with E-state index in [0.29, 0.717) is 5.69 Å². The highest BCUT2D eigenvalue weighted by Gasteiger charge is 2.24. The Hall–Kier alpha value is -2.03. The van der Waals surface area contributed by atoms with Crippen molar-refractivity contribution in [1.82, 2.24) is 9.71 Å². The number of pyridine rings is 1. The van der Waals surface area contributed by atoms with Crippen LogP contribution in [0.1, 0.15) is 24.2 Å². The van der Waals surface area contributed by atoms with Gasteiger partial charge in [0.05, 0.1) is 26.6 Å². The molecule has 1 atom stereocenters. The molecule has 0 saturated heterocycles. The molecule has 23 heavy (non-hydrogen) atoms. The van der Waals surface area contributed by atoms with Crippen LogP contribution >= 0.6 is 11.6 Å². The number of hydrogen-bond donors (Lipinski definition) is 1. The molecule has 1 heterocycles. The van der Waals surface area contributed by atoms with Crippen LogP contribution in [0, 0.1) is 17.0 Å². The van der Waals surface area contributed by atoms with Crippen molar-refractivity contribution in [2.75, 3.05) is 0 Å². The van der Waals surface area contributed by atoms with Crippen LogP contribution in [0.15, 0.2) is 41.4 Å². The van der Waals surface area contributed by atoms with E-state index in [-0.39, 0.29) is 21.2 Å². The molecule has 1 N–H and O–H groups in total. The molecule has 1 aromatic carbocycles. The summed E-state index contributed by atoms with van der Waals surface area (Å²) in [5, 5.41) is 11.0. The number of sulfonamides is 1. The third kappa shape index (κ3) is 3.84. The molecule has 0 unspecified atom stereocenters. The summed E-state index contributed by atoms with van der Waals surface area (Å²) in [6.45, 7) is 3.09. The van der Waals surface area contributed by atoms with E-state index >= 15 is 0 Å². The monoisotopic (exact) mass is 355 g/mol. The second kappa shape index (κ2) is 6.61. The van der Waals surface area contributed by atoms with E-state index in [4.69, 9.17) is 11.6 Å². The van der Waals surface area contributed by atoms with Crippen molar-refractivity contribution < 1.29 is 13.3 Å². The Morgan fingerprint density at radius 2 is 2.04 bits per heavy atom. The number of nitro groups is 1. The zero-order valence-electron chi connectivity index (χ0n) is 12.4. The van der Waals surface area contributed by atoms with Crippen LogP contribution in [0.2, 0.25) is 5.02 Å². The summed E-state index contributed by atoms with van der Waals surface area (Å²) < 4.78 is 27.3. The quantitative estimate of drug-likeness (QED) is 0.656. The number of halogens is 1. The standard InChI is InChI=1S/C14H14ClN3O4S/c1-9-12(15)7-11(8-14(9)18(19)20)23(21,22)17-10(2)13-5-3-4-6-16-13/h3-8,10,17H,1-2H3/t10-/m0/s1. The number of nitrogens with zero attached hydrogens (tertiary/aromatic N) is 2. The second-order valence-electron chi connectivity index (χ2n) is 4.90. The highest BCUT2D eigenvalue weighted by molar-refractivity contribution is 7.89. The Kier molecular flexibility index (Phi) is 4.98. The molecule has 0 aliphatic rings. The first-order valence-corrected chi connectivity index (χ1v) is 8.46. The van der Waals surface area contributed by atoms with E-state index in [1.807, 2.05) is 0 Å². The topological polar surface area (TPSA) is 102 Å². The average molecular weight is 356 g/mol. The minimum Gasteiger partial charge on any atom is -0.260 e. The third-order valence-corrected chi connectivity index (χ3v) is 5.17. The van der Waals surface area contributed by atoms with Gasteiger partial charge in [-0.2, -0.15) is 0 Å². The summed E-state index contributed by atoms with van der Waals surface area (Å²) in [7, 11) is -3.98. The van der Waals surface area contributed by atoms with Crippen molar-refractivity contribution in [3.05, 3.63) is 62.9 Å². The molecule has 2 rings (SSSR count). The third-order valence-electron chi connectivity index (χ3n) is 3.26. The van der Waals surface area contributed by atoms with E-state index in [9.17, 15) is 18.5 Å². The molecule has 0 bridgehead atoms. The predicted octanol–water partition coefficient (Wildman–Crippen LogP) is 2.99. The summed E-state index contributed by atoms with van der Waals surface area (Å²) >= 11 is 5.91. The fourth-order valence-electron chi connectivity index (χ4n) is 1.98. The van der Waals surface area contributed by atoms with Gasteiger partial charge in [0, 0.05) is 17.8 Å². The smallest absolute Gasteiger partial charge is 0.260 e. The molecule has 0 amide bonds. The van der Waals surface area contributed by atoms with Crippen LogP contribution in [0.3, 0.4) is 0 Å². The second-order valence-corrected chi connectivity index (χ2v) is 7.03. The first-order chi connectivity index (χ1) is 10.7. The number of rotatable bonds is 5. The van der Waals surface area contributed by atoms with E-state index in [0.717, 1.165) is 6.07 Å². The molecule has 1 aromatic heterocycles. The molecule has 0 aliphatic heterocycles. The zero-order valence-corrected chi connectivity index (χ0v) is 13.9. The molecule has 122 valence electrons. The summed E-state index contributed by atoms with van der Waals surface area (Å²) in [5.41, 5.74) is 0.403. The Balaban J connectivity index is 2.39. The van der Waals surface area contributed by atoms with E-state index in [1.165, 1.54) is 13.0 Å². The maximum Gasteiger partial charge on any atom is 0.275 e. The largest absolute Gasteiger partial charge is 0.275 e. The molecule has 0 radical (unpaired) electrons. The van der Waals surface area contributed by atoms with Crippen LogP contribution < -0.4 is 4.72 Å². The molecule has 7 nitrogen and oxygen atoms in total. The van der Waals surface area contributed by atoms with Gasteiger partial charge in [0.1, 0.15) is 0 Å². The number of nitrogens with one attached hydrogen (secondary N) is 1. The van der Waals surface area contributed by atoms with E-state index < -0.39 is 21.0 Å². The van der Waals surface area contributed by atoms with Crippen molar-refractivity contribution in [3.63, 3.8) is 0 Å². The Morgan fingerprint density at radius 3 is 2.61 bits per heavy atom. The average Bonchev–Trinajstić information content (AvgIpc) is 2.49. The Labute approximate surface area is 138 Å². The lowest BCUT2D eigenvalue weighted by Crippen LogP contribution is -2.27. The van der Waals surface area contributed by atoms with Crippen molar-refractivity contribution >= 4 is 27.3 Å². The number of hydrogen-bond acceptors (Lipinski definition) is 5. The van der Waals surface area contributed by atoms with Gasteiger partial charge in [-0.1, -0.05) is 17.7 Å². The van der Waals surface area contributed by atoms with Crippen LogP contribution in [0.4, 0.5) is 5.69 Å². The summed E-state index contributed by atoms with van der Waals surface area (Å²) in [4.78, 5) is 14.2. The molecular formula is C14H14ClN3O4S. The number of aromatic nitrogens is 1. The first kappa shape index (κ1) is 17.3. The van der Waals surface area contributed by atoms with Gasteiger partial charge < -0.3 is 0 Å². The van der Waals surface area contributed by atoms with Gasteiger partial charge in [-0.15, -0.1) is 0 Å². The van der Waals surface area contributed by atoms with Crippen LogP contribution in [0.5, 0.6) is 0 Å². The minimum absolute atomic E-state index is 0.0186. The van der Waals surface area contributed by atoms with Crippen molar-refractivity contribution in [1.29, 1.82) is 0 Å². The van der Waals surface area contributed by atoms with Crippen LogP contribution in [-0.4, -0.2) is 18.3 Å². The minimum atomic E-state index is -3.98. The maximum atomic E-state index is 12.4.